The fourth-order valence-corrected chi connectivity index (χ4v) is 1.62. The van der Waals surface area contributed by atoms with Crippen LogP contribution in [0.4, 0.5) is 13.2 Å². The Bertz CT molecular complexity index is 337. The van der Waals surface area contributed by atoms with E-state index in [-0.39, 0.29) is 32.4 Å². The van der Waals surface area contributed by atoms with E-state index in [0.717, 1.165) is 0 Å². The SMILES string of the molecule is CCOCCCN(CC(F)(F)F)C(=O)C(N)CCC(=O)O. The van der Waals surface area contributed by atoms with Crippen LogP contribution in [0.1, 0.15) is 26.2 Å². The number of rotatable bonds is 10. The molecular formula is C12H21F3N2O4. The fraction of sp³-hybridized carbons (Fsp3) is 0.833. The molecule has 1 unspecified atom stereocenters. The quantitative estimate of drug-likeness (QED) is 0.587. The van der Waals surface area contributed by atoms with Gasteiger partial charge < -0.3 is 20.5 Å². The molecule has 0 fully saturated rings. The van der Waals surface area contributed by atoms with Crippen LogP contribution in [-0.2, 0) is 14.3 Å². The lowest BCUT2D eigenvalue weighted by Crippen LogP contribution is -2.48. The molecule has 3 N–H and O–H groups in total. The van der Waals surface area contributed by atoms with Gasteiger partial charge in [-0.3, -0.25) is 9.59 Å². The Morgan fingerprint density at radius 2 is 2.00 bits per heavy atom. The zero-order valence-corrected chi connectivity index (χ0v) is 11.9. The molecule has 21 heavy (non-hydrogen) atoms. The van der Waals surface area contributed by atoms with Gasteiger partial charge >= 0.3 is 12.1 Å². The van der Waals surface area contributed by atoms with Crippen molar-refractivity contribution in [3.63, 3.8) is 0 Å². The van der Waals surface area contributed by atoms with Gasteiger partial charge in [-0.05, 0) is 19.8 Å². The molecule has 0 aromatic carbocycles. The molecule has 0 heterocycles. The molecule has 0 aromatic heterocycles. The van der Waals surface area contributed by atoms with E-state index in [2.05, 4.69) is 0 Å². The molecule has 0 bridgehead atoms. The van der Waals surface area contributed by atoms with Crippen molar-refractivity contribution in [3.8, 4) is 0 Å². The van der Waals surface area contributed by atoms with Gasteiger partial charge in [0.25, 0.3) is 0 Å². The molecule has 0 spiro atoms. The van der Waals surface area contributed by atoms with E-state index >= 15 is 0 Å². The monoisotopic (exact) mass is 314 g/mol. The Kier molecular flexibility index (Phi) is 8.95. The van der Waals surface area contributed by atoms with Crippen LogP contribution in [0.2, 0.25) is 0 Å². The third-order valence-electron chi connectivity index (χ3n) is 2.59. The maximum Gasteiger partial charge on any atom is 0.406 e. The Hall–Kier alpha value is -1.35. The van der Waals surface area contributed by atoms with E-state index in [4.69, 9.17) is 15.6 Å². The normalized spacial score (nSPS) is 13.0. The summed E-state index contributed by atoms with van der Waals surface area (Å²) in [7, 11) is 0. The van der Waals surface area contributed by atoms with Crippen molar-refractivity contribution in [2.24, 2.45) is 5.73 Å². The minimum Gasteiger partial charge on any atom is -0.481 e. The molecule has 0 radical (unpaired) electrons. The van der Waals surface area contributed by atoms with E-state index in [1.54, 1.807) is 6.92 Å². The average Bonchev–Trinajstić information content (AvgIpc) is 2.37. The van der Waals surface area contributed by atoms with Gasteiger partial charge in [-0.15, -0.1) is 0 Å². The second kappa shape index (κ2) is 9.56. The standard InChI is InChI=1S/C12H21F3N2O4/c1-2-21-7-3-6-17(8-12(13,14)15)11(20)9(16)4-5-10(18)19/h9H,2-8,16H2,1H3,(H,18,19). The van der Waals surface area contributed by atoms with Crippen molar-refractivity contribution in [1.82, 2.24) is 4.90 Å². The maximum absolute atomic E-state index is 12.5. The second-order valence-electron chi connectivity index (χ2n) is 4.46. The second-order valence-corrected chi connectivity index (χ2v) is 4.46. The molecule has 0 saturated carbocycles. The number of nitrogens with zero attached hydrogens (tertiary/aromatic N) is 1. The van der Waals surface area contributed by atoms with Crippen LogP contribution in [0.3, 0.4) is 0 Å². The van der Waals surface area contributed by atoms with Crippen molar-refractivity contribution in [1.29, 1.82) is 0 Å². The van der Waals surface area contributed by atoms with Crippen molar-refractivity contribution in [2.75, 3.05) is 26.3 Å². The number of hydrogen-bond acceptors (Lipinski definition) is 4. The van der Waals surface area contributed by atoms with Gasteiger partial charge in [-0.25, -0.2) is 0 Å². The molecule has 1 amide bonds. The topological polar surface area (TPSA) is 92.9 Å². The Balaban J connectivity index is 4.53. The van der Waals surface area contributed by atoms with Gasteiger partial charge in [-0.2, -0.15) is 13.2 Å². The summed E-state index contributed by atoms with van der Waals surface area (Å²) in [5, 5.41) is 8.49. The molecule has 0 aromatic rings. The largest absolute Gasteiger partial charge is 0.481 e. The number of alkyl halides is 3. The van der Waals surface area contributed by atoms with Crippen LogP contribution in [0.15, 0.2) is 0 Å². The summed E-state index contributed by atoms with van der Waals surface area (Å²) in [6.45, 7) is 0.881. The molecule has 124 valence electrons. The molecule has 0 saturated heterocycles. The van der Waals surface area contributed by atoms with Gasteiger partial charge in [0.2, 0.25) is 5.91 Å². The first-order chi connectivity index (χ1) is 9.67. The first kappa shape index (κ1) is 19.7. The molecule has 9 heteroatoms. The molecule has 0 aliphatic carbocycles. The van der Waals surface area contributed by atoms with Crippen LogP contribution < -0.4 is 5.73 Å². The fourth-order valence-electron chi connectivity index (χ4n) is 1.62. The Morgan fingerprint density at radius 3 is 2.48 bits per heavy atom. The number of carboxylic acid groups (broad SMARTS) is 1. The Morgan fingerprint density at radius 1 is 1.38 bits per heavy atom. The number of carbonyl (C=O) groups is 2. The third kappa shape index (κ3) is 10.1. The van der Waals surface area contributed by atoms with E-state index < -0.39 is 30.6 Å². The highest BCUT2D eigenvalue weighted by Crippen LogP contribution is 2.17. The average molecular weight is 314 g/mol. The third-order valence-corrected chi connectivity index (χ3v) is 2.59. The van der Waals surface area contributed by atoms with E-state index in [1.807, 2.05) is 0 Å². The lowest BCUT2D eigenvalue weighted by molar-refractivity contribution is -0.162. The van der Waals surface area contributed by atoms with Crippen molar-refractivity contribution >= 4 is 11.9 Å². The summed E-state index contributed by atoms with van der Waals surface area (Å²) in [6, 6.07) is -1.25. The molecule has 6 nitrogen and oxygen atoms in total. The number of hydrogen-bond donors (Lipinski definition) is 2. The van der Waals surface area contributed by atoms with Crippen LogP contribution in [0.25, 0.3) is 0 Å². The number of carboxylic acids is 1. The zero-order valence-electron chi connectivity index (χ0n) is 11.9. The first-order valence-corrected chi connectivity index (χ1v) is 6.58. The highest BCUT2D eigenvalue weighted by Gasteiger charge is 2.34. The van der Waals surface area contributed by atoms with Crippen LogP contribution in [-0.4, -0.2) is 60.4 Å². The lowest BCUT2D eigenvalue weighted by atomic mass is 10.1. The highest BCUT2D eigenvalue weighted by atomic mass is 19.4. The summed E-state index contributed by atoms with van der Waals surface area (Å²) >= 11 is 0. The molecule has 0 aliphatic rings. The summed E-state index contributed by atoms with van der Waals surface area (Å²) < 4.78 is 42.4. The van der Waals surface area contributed by atoms with E-state index in [1.165, 1.54) is 0 Å². The minimum atomic E-state index is -4.53. The summed E-state index contributed by atoms with van der Waals surface area (Å²) in [5.41, 5.74) is 5.46. The van der Waals surface area contributed by atoms with Crippen molar-refractivity contribution in [2.45, 2.75) is 38.4 Å². The van der Waals surface area contributed by atoms with E-state index in [0.29, 0.717) is 11.5 Å². The number of aliphatic carboxylic acids is 1. The van der Waals surface area contributed by atoms with Crippen LogP contribution in [0, 0.1) is 0 Å². The number of nitrogens with two attached hydrogens (primary N) is 1. The number of carbonyl (C=O) groups excluding carboxylic acids is 1. The van der Waals surface area contributed by atoms with Gasteiger partial charge in [0, 0.05) is 26.2 Å². The number of halogens is 3. The van der Waals surface area contributed by atoms with Crippen molar-refractivity contribution in [3.05, 3.63) is 0 Å². The smallest absolute Gasteiger partial charge is 0.406 e. The summed E-state index contributed by atoms with van der Waals surface area (Å²) in [4.78, 5) is 22.9. The number of ether oxygens (including phenoxy) is 1. The number of amides is 1. The molecular weight excluding hydrogens is 293 g/mol. The summed E-state index contributed by atoms with van der Waals surface area (Å²) in [6.07, 6.45) is -4.85. The first-order valence-electron chi connectivity index (χ1n) is 6.58. The predicted molar refractivity (Wildman–Crippen MR) is 68.6 cm³/mol. The van der Waals surface area contributed by atoms with Gasteiger partial charge in [0.15, 0.2) is 0 Å². The minimum absolute atomic E-state index is 0.140. The molecule has 0 rings (SSSR count). The van der Waals surface area contributed by atoms with Gasteiger partial charge in [0.1, 0.15) is 6.54 Å². The van der Waals surface area contributed by atoms with Crippen LogP contribution in [0.5, 0.6) is 0 Å². The lowest BCUT2D eigenvalue weighted by Gasteiger charge is -2.26. The zero-order chi connectivity index (χ0) is 16.5. The molecule has 0 aliphatic heterocycles. The maximum atomic E-state index is 12.5. The highest BCUT2D eigenvalue weighted by molar-refractivity contribution is 5.82. The van der Waals surface area contributed by atoms with Gasteiger partial charge in [-0.1, -0.05) is 0 Å². The predicted octanol–water partition coefficient (Wildman–Crippen LogP) is 0.996. The summed E-state index contributed by atoms with van der Waals surface area (Å²) in [5.74, 6) is -2.05. The van der Waals surface area contributed by atoms with Crippen LogP contribution >= 0.6 is 0 Å². The van der Waals surface area contributed by atoms with Crippen molar-refractivity contribution < 1.29 is 32.6 Å². The van der Waals surface area contributed by atoms with E-state index in [9.17, 15) is 22.8 Å². The molecule has 1 atom stereocenters. The Labute approximate surface area is 121 Å². The van der Waals surface area contributed by atoms with Gasteiger partial charge in [0.05, 0.1) is 6.04 Å².